The van der Waals surface area contributed by atoms with Crippen molar-refractivity contribution in [2.75, 3.05) is 47.3 Å². The van der Waals surface area contributed by atoms with Gasteiger partial charge in [-0.3, -0.25) is 0 Å². The third-order valence-corrected chi connectivity index (χ3v) is 3.43. The molecule has 1 N–H and O–H groups in total. The van der Waals surface area contributed by atoms with Crippen LogP contribution in [0.25, 0.3) is 0 Å². The van der Waals surface area contributed by atoms with Crippen LogP contribution in [-0.2, 0) is 0 Å². The number of hydrogen-bond acceptors (Lipinski definition) is 3. The minimum atomic E-state index is 0.742. The van der Waals surface area contributed by atoms with Crippen LogP contribution < -0.4 is 5.32 Å². The van der Waals surface area contributed by atoms with Crippen molar-refractivity contribution in [2.24, 2.45) is 11.8 Å². The van der Waals surface area contributed by atoms with Crippen LogP contribution in [0.2, 0.25) is 0 Å². The largest absolute Gasteiger partial charge is 0.319 e. The van der Waals surface area contributed by atoms with Gasteiger partial charge in [0.25, 0.3) is 0 Å². The highest BCUT2D eigenvalue weighted by Gasteiger charge is 2.31. The normalized spacial score (nSPS) is 30.0. The summed E-state index contributed by atoms with van der Waals surface area (Å²) in [6.45, 7) is 9.55. The van der Waals surface area contributed by atoms with E-state index in [1.807, 2.05) is 7.05 Å². The van der Waals surface area contributed by atoms with Crippen LogP contribution in [0.4, 0.5) is 0 Å². The summed E-state index contributed by atoms with van der Waals surface area (Å²) in [7, 11) is 6.43. The first-order valence-corrected chi connectivity index (χ1v) is 6.08. The standard InChI is InChI=1S/C12H27N3/c1-10(6-13-3)7-15-8-11(2)12(9-15)14(4)5/h10-13H,6-9H2,1-5H3. The summed E-state index contributed by atoms with van der Waals surface area (Å²) in [5, 5.41) is 3.25. The van der Waals surface area contributed by atoms with Gasteiger partial charge in [-0.1, -0.05) is 13.8 Å². The lowest BCUT2D eigenvalue weighted by Crippen LogP contribution is -2.36. The Labute approximate surface area is 94.8 Å². The minimum Gasteiger partial charge on any atom is -0.319 e. The van der Waals surface area contributed by atoms with Crippen LogP contribution in [0.3, 0.4) is 0 Å². The van der Waals surface area contributed by atoms with E-state index in [1.165, 1.54) is 19.6 Å². The Balaban J connectivity index is 2.34. The van der Waals surface area contributed by atoms with E-state index in [2.05, 4.69) is 43.1 Å². The van der Waals surface area contributed by atoms with Gasteiger partial charge < -0.3 is 15.1 Å². The summed E-state index contributed by atoms with van der Waals surface area (Å²) in [6.07, 6.45) is 0. The monoisotopic (exact) mass is 213 g/mol. The molecular formula is C12H27N3. The summed E-state index contributed by atoms with van der Waals surface area (Å²) < 4.78 is 0. The average Bonchev–Trinajstić information content (AvgIpc) is 2.47. The van der Waals surface area contributed by atoms with E-state index in [4.69, 9.17) is 0 Å². The van der Waals surface area contributed by atoms with Crippen molar-refractivity contribution in [3.63, 3.8) is 0 Å². The maximum Gasteiger partial charge on any atom is 0.0254 e. The van der Waals surface area contributed by atoms with Crippen molar-refractivity contribution in [1.29, 1.82) is 0 Å². The number of rotatable bonds is 5. The van der Waals surface area contributed by atoms with E-state index in [9.17, 15) is 0 Å². The number of likely N-dealkylation sites (N-methyl/N-ethyl adjacent to an activating group) is 1. The second-order valence-corrected chi connectivity index (χ2v) is 5.39. The Hall–Kier alpha value is -0.120. The molecule has 0 aromatic carbocycles. The molecule has 1 fully saturated rings. The van der Waals surface area contributed by atoms with Crippen LogP contribution >= 0.6 is 0 Å². The molecule has 0 saturated carbocycles. The van der Waals surface area contributed by atoms with Crippen molar-refractivity contribution >= 4 is 0 Å². The summed E-state index contributed by atoms with van der Waals surface area (Å²) in [6, 6.07) is 0.742. The Morgan fingerprint density at radius 1 is 1.40 bits per heavy atom. The van der Waals surface area contributed by atoms with E-state index in [-0.39, 0.29) is 0 Å². The molecule has 15 heavy (non-hydrogen) atoms. The molecule has 3 heteroatoms. The molecule has 1 rings (SSSR count). The lowest BCUT2D eigenvalue weighted by atomic mass is 10.1. The van der Waals surface area contributed by atoms with E-state index >= 15 is 0 Å². The van der Waals surface area contributed by atoms with Gasteiger partial charge in [0.1, 0.15) is 0 Å². The van der Waals surface area contributed by atoms with E-state index in [0.717, 1.165) is 24.4 Å². The predicted octanol–water partition coefficient (Wildman–Crippen LogP) is 0.724. The van der Waals surface area contributed by atoms with Crippen molar-refractivity contribution in [2.45, 2.75) is 19.9 Å². The van der Waals surface area contributed by atoms with E-state index in [0.29, 0.717) is 0 Å². The summed E-state index contributed by atoms with van der Waals surface area (Å²) in [5.74, 6) is 1.56. The van der Waals surface area contributed by atoms with E-state index < -0.39 is 0 Å². The third kappa shape index (κ3) is 3.74. The molecule has 3 unspecified atom stereocenters. The van der Waals surface area contributed by atoms with Gasteiger partial charge in [0.15, 0.2) is 0 Å². The highest BCUT2D eigenvalue weighted by molar-refractivity contribution is 4.87. The van der Waals surface area contributed by atoms with Crippen molar-refractivity contribution in [3.05, 3.63) is 0 Å². The molecule has 0 aromatic rings. The molecule has 0 spiro atoms. The quantitative estimate of drug-likeness (QED) is 0.726. The molecule has 0 aromatic heterocycles. The first kappa shape index (κ1) is 12.9. The Morgan fingerprint density at radius 3 is 2.53 bits per heavy atom. The van der Waals surface area contributed by atoms with Gasteiger partial charge in [0.2, 0.25) is 0 Å². The minimum absolute atomic E-state index is 0.742. The van der Waals surface area contributed by atoms with Gasteiger partial charge in [-0.05, 0) is 39.5 Å². The molecule has 90 valence electrons. The molecule has 3 atom stereocenters. The lowest BCUT2D eigenvalue weighted by Gasteiger charge is -2.23. The number of hydrogen-bond donors (Lipinski definition) is 1. The molecule has 0 aliphatic carbocycles. The second kappa shape index (κ2) is 5.83. The van der Waals surface area contributed by atoms with Gasteiger partial charge in [-0.2, -0.15) is 0 Å². The highest BCUT2D eigenvalue weighted by Crippen LogP contribution is 2.20. The van der Waals surface area contributed by atoms with Crippen molar-refractivity contribution in [1.82, 2.24) is 15.1 Å². The van der Waals surface area contributed by atoms with Crippen molar-refractivity contribution < 1.29 is 0 Å². The predicted molar refractivity (Wildman–Crippen MR) is 66.2 cm³/mol. The summed E-state index contributed by atoms with van der Waals surface area (Å²) in [5.41, 5.74) is 0. The highest BCUT2D eigenvalue weighted by atomic mass is 15.2. The third-order valence-electron chi connectivity index (χ3n) is 3.43. The fourth-order valence-electron chi connectivity index (χ4n) is 2.72. The second-order valence-electron chi connectivity index (χ2n) is 5.39. The maximum atomic E-state index is 3.25. The number of likely N-dealkylation sites (tertiary alicyclic amines) is 1. The molecule has 0 radical (unpaired) electrons. The molecule has 3 nitrogen and oxygen atoms in total. The molecular weight excluding hydrogens is 186 g/mol. The number of nitrogens with one attached hydrogen (secondary N) is 1. The zero-order valence-corrected chi connectivity index (χ0v) is 11.0. The first-order chi connectivity index (χ1) is 7.04. The van der Waals surface area contributed by atoms with Crippen molar-refractivity contribution in [3.8, 4) is 0 Å². The van der Waals surface area contributed by atoms with Crippen LogP contribution in [-0.4, -0.2) is 63.2 Å². The molecule has 1 aliphatic heterocycles. The average molecular weight is 213 g/mol. The summed E-state index contributed by atoms with van der Waals surface area (Å²) in [4.78, 5) is 4.98. The van der Waals surface area contributed by atoms with E-state index in [1.54, 1.807) is 0 Å². The summed E-state index contributed by atoms with van der Waals surface area (Å²) >= 11 is 0. The molecule has 1 saturated heterocycles. The topological polar surface area (TPSA) is 18.5 Å². The van der Waals surface area contributed by atoms with Crippen LogP contribution in [0.15, 0.2) is 0 Å². The lowest BCUT2D eigenvalue weighted by molar-refractivity contribution is 0.240. The Kier molecular flexibility index (Phi) is 5.03. The molecule has 0 amide bonds. The zero-order valence-electron chi connectivity index (χ0n) is 11.0. The SMILES string of the molecule is CNCC(C)CN1CC(C)C(N(C)C)C1. The Morgan fingerprint density at radius 2 is 2.07 bits per heavy atom. The fourth-order valence-corrected chi connectivity index (χ4v) is 2.72. The number of nitrogens with zero attached hydrogens (tertiary/aromatic N) is 2. The van der Waals surface area contributed by atoms with Gasteiger partial charge >= 0.3 is 0 Å². The van der Waals surface area contributed by atoms with Crippen LogP contribution in [0.5, 0.6) is 0 Å². The Bertz CT molecular complexity index is 182. The van der Waals surface area contributed by atoms with Gasteiger partial charge in [0, 0.05) is 25.7 Å². The molecule has 1 heterocycles. The van der Waals surface area contributed by atoms with Crippen LogP contribution in [0.1, 0.15) is 13.8 Å². The van der Waals surface area contributed by atoms with Gasteiger partial charge in [0.05, 0.1) is 0 Å². The fraction of sp³-hybridized carbons (Fsp3) is 1.00. The molecule has 0 bridgehead atoms. The van der Waals surface area contributed by atoms with Gasteiger partial charge in [-0.25, -0.2) is 0 Å². The van der Waals surface area contributed by atoms with Gasteiger partial charge in [-0.15, -0.1) is 0 Å². The smallest absolute Gasteiger partial charge is 0.0254 e. The first-order valence-electron chi connectivity index (χ1n) is 6.08. The molecule has 1 aliphatic rings. The zero-order chi connectivity index (χ0) is 11.4. The van der Waals surface area contributed by atoms with Crippen LogP contribution in [0, 0.1) is 11.8 Å². The maximum absolute atomic E-state index is 3.25.